The Bertz CT molecular complexity index is 464. The Morgan fingerprint density at radius 3 is 2.60 bits per heavy atom. The third kappa shape index (κ3) is 1.98. The molecule has 0 aliphatic heterocycles. The quantitative estimate of drug-likeness (QED) is 0.538. The first-order valence-electron chi connectivity index (χ1n) is 4.47. The number of anilines is 1. The molecule has 0 radical (unpaired) electrons. The lowest BCUT2D eigenvalue weighted by molar-refractivity contribution is 0.383. The van der Waals surface area contributed by atoms with Crippen molar-refractivity contribution in [1.29, 1.82) is 0 Å². The van der Waals surface area contributed by atoms with Gasteiger partial charge in [-0.15, -0.1) is 12.6 Å². The summed E-state index contributed by atoms with van der Waals surface area (Å²) in [6.07, 6.45) is 0. The molecular weight excluding hydrogens is 210 g/mol. The third-order valence-electron chi connectivity index (χ3n) is 2.04. The maximum atomic E-state index is 8.92. The molecular formula is C10H11N3OS. The fourth-order valence-corrected chi connectivity index (χ4v) is 1.52. The highest BCUT2D eigenvalue weighted by molar-refractivity contribution is 7.80. The topological polar surface area (TPSA) is 50.1 Å². The molecule has 0 aliphatic rings. The number of hydrogen-bond donors (Lipinski definition) is 3. The highest BCUT2D eigenvalue weighted by Gasteiger charge is 2.05. The lowest BCUT2D eigenvalue weighted by Gasteiger charge is -2.05. The van der Waals surface area contributed by atoms with Crippen LogP contribution in [0.3, 0.4) is 0 Å². The van der Waals surface area contributed by atoms with E-state index in [1.165, 1.54) is 0 Å². The van der Waals surface area contributed by atoms with Gasteiger partial charge in [-0.2, -0.15) is 5.10 Å². The van der Waals surface area contributed by atoms with E-state index in [1.807, 2.05) is 31.2 Å². The summed E-state index contributed by atoms with van der Waals surface area (Å²) in [6.45, 7) is 1.87. The summed E-state index contributed by atoms with van der Waals surface area (Å²) in [4.78, 5) is 0.890. The van der Waals surface area contributed by atoms with Gasteiger partial charge in [-0.3, -0.25) is 10.7 Å². The van der Waals surface area contributed by atoms with E-state index in [0.717, 1.165) is 16.3 Å². The molecule has 1 heterocycles. The van der Waals surface area contributed by atoms with E-state index < -0.39 is 0 Å². The minimum Gasteiger partial charge on any atom is -0.290 e. The Morgan fingerprint density at radius 2 is 2.00 bits per heavy atom. The van der Waals surface area contributed by atoms with Crippen molar-refractivity contribution in [2.75, 3.05) is 5.48 Å². The molecule has 1 aromatic carbocycles. The number of aromatic nitrogens is 2. The van der Waals surface area contributed by atoms with Crippen molar-refractivity contribution in [1.82, 2.24) is 9.78 Å². The molecule has 0 spiro atoms. The Labute approximate surface area is 92.9 Å². The second-order valence-electron chi connectivity index (χ2n) is 3.21. The molecule has 0 atom stereocenters. The van der Waals surface area contributed by atoms with E-state index in [0.29, 0.717) is 5.82 Å². The molecule has 0 aliphatic carbocycles. The van der Waals surface area contributed by atoms with Gasteiger partial charge >= 0.3 is 0 Å². The van der Waals surface area contributed by atoms with Crippen LogP contribution in [0.15, 0.2) is 35.2 Å². The van der Waals surface area contributed by atoms with Gasteiger partial charge in [-0.1, -0.05) is 0 Å². The Kier molecular flexibility index (Phi) is 2.66. The van der Waals surface area contributed by atoms with Gasteiger partial charge < -0.3 is 0 Å². The summed E-state index contributed by atoms with van der Waals surface area (Å²) in [5.41, 5.74) is 3.82. The standard InChI is InChI=1S/C10H11N3OS/c1-7-6-10(12-14)13(11-7)8-2-4-9(15)5-3-8/h2-6,12,14-15H,1H3. The van der Waals surface area contributed by atoms with Crippen LogP contribution in [0.2, 0.25) is 0 Å². The van der Waals surface area contributed by atoms with Crippen LogP contribution in [-0.4, -0.2) is 15.0 Å². The van der Waals surface area contributed by atoms with Gasteiger partial charge in [0.15, 0.2) is 5.82 Å². The molecule has 78 valence electrons. The molecule has 2 aromatic rings. The van der Waals surface area contributed by atoms with E-state index in [2.05, 4.69) is 23.2 Å². The highest BCUT2D eigenvalue weighted by Crippen LogP contribution is 2.17. The molecule has 0 unspecified atom stereocenters. The van der Waals surface area contributed by atoms with Crippen LogP contribution in [0, 0.1) is 6.92 Å². The fraction of sp³-hybridized carbons (Fsp3) is 0.100. The molecule has 5 heteroatoms. The molecule has 0 saturated carbocycles. The number of benzene rings is 1. The average Bonchev–Trinajstić information content (AvgIpc) is 2.61. The van der Waals surface area contributed by atoms with Gasteiger partial charge in [0.1, 0.15) is 0 Å². The molecule has 15 heavy (non-hydrogen) atoms. The second-order valence-corrected chi connectivity index (χ2v) is 3.73. The SMILES string of the molecule is Cc1cc(NO)n(-c2ccc(S)cc2)n1. The largest absolute Gasteiger partial charge is 0.290 e. The van der Waals surface area contributed by atoms with Crippen molar-refractivity contribution >= 4 is 18.4 Å². The van der Waals surface area contributed by atoms with Crippen molar-refractivity contribution < 1.29 is 5.21 Å². The van der Waals surface area contributed by atoms with Gasteiger partial charge in [0.2, 0.25) is 0 Å². The molecule has 0 bridgehead atoms. The number of hydrogen-bond acceptors (Lipinski definition) is 4. The molecule has 0 amide bonds. The maximum Gasteiger partial charge on any atom is 0.153 e. The van der Waals surface area contributed by atoms with E-state index in [9.17, 15) is 0 Å². The number of nitrogens with zero attached hydrogens (tertiary/aromatic N) is 2. The minimum atomic E-state index is 0.541. The second kappa shape index (κ2) is 3.96. The smallest absolute Gasteiger partial charge is 0.153 e. The van der Waals surface area contributed by atoms with Crippen LogP contribution in [0.25, 0.3) is 5.69 Å². The predicted octanol–water partition coefficient (Wildman–Crippen LogP) is 2.27. The summed E-state index contributed by atoms with van der Waals surface area (Å²) >= 11 is 4.20. The lowest BCUT2D eigenvalue weighted by Crippen LogP contribution is -2.02. The summed E-state index contributed by atoms with van der Waals surface area (Å²) < 4.78 is 1.63. The first-order valence-corrected chi connectivity index (χ1v) is 4.91. The third-order valence-corrected chi connectivity index (χ3v) is 2.34. The molecule has 1 aromatic heterocycles. The van der Waals surface area contributed by atoms with Crippen molar-refractivity contribution in [3.63, 3.8) is 0 Å². The minimum absolute atomic E-state index is 0.541. The summed E-state index contributed by atoms with van der Waals surface area (Å²) in [5, 5.41) is 13.2. The number of rotatable bonds is 2. The predicted molar refractivity (Wildman–Crippen MR) is 61.0 cm³/mol. The zero-order valence-corrected chi connectivity index (χ0v) is 9.07. The van der Waals surface area contributed by atoms with Crippen molar-refractivity contribution in [2.24, 2.45) is 0 Å². The highest BCUT2D eigenvalue weighted by atomic mass is 32.1. The average molecular weight is 221 g/mol. The molecule has 0 saturated heterocycles. The normalized spacial score (nSPS) is 10.3. The van der Waals surface area contributed by atoms with Crippen molar-refractivity contribution in [3.05, 3.63) is 36.0 Å². The first kappa shape index (κ1) is 10.1. The van der Waals surface area contributed by atoms with Crippen LogP contribution in [0.4, 0.5) is 5.82 Å². The fourth-order valence-electron chi connectivity index (χ4n) is 1.37. The zero-order chi connectivity index (χ0) is 10.8. The number of aryl methyl sites for hydroxylation is 1. The molecule has 2 N–H and O–H groups in total. The van der Waals surface area contributed by atoms with Crippen LogP contribution in [0.5, 0.6) is 0 Å². The Morgan fingerprint density at radius 1 is 1.33 bits per heavy atom. The maximum absolute atomic E-state index is 8.92. The van der Waals surface area contributed by atoms with Gasteiger partial charge in [0, 0.05) is 11.0 Å². The van der Waals surface area contributed by atoms with E-state index in [1.54, 1.807) is 10.7 Å². The number of nitrogens with one attached hydrogen (secondary N) is 1. The zero-order valence-electron chi connectivity index (χ0n) is 8.18. The first-order chi connectivity index (χ1) is 7.20. The Hall–Kier alpha value is -1.46. The van der Waals surface area contributed by atoms with Gasteiger partial charge in [0.25, 0.3) is 0 Å². The lowest BCUT2D eigenvalue weighted by atomic mass is 10.3. The van der Waals surface area contributed by atoms with E-state index in [4.69, 9.17) is 5.21 Å². The monoisotopic (exact) mass is 221 g/mol. The summed E-state index contributed by atoms with van der Waals surface area (Å²) in [5.74, 6) is 0.541. The van der Waals surface area contributed by atoms with Crippen LogP contribution in [-0.2, 0) is 0 Å². The van der Waals surface area contributed by atoms with Crippen LogP contribution >= 0.6 is 12.6 Å². The molecule has 4 nitrogen and oxygen atoms in total. The van der Waals surface area contributed by atoms with Gasteiger partial charge in [-0.05, 0) is 31.2 Å². The Balaban J connectivity index is 2.48. The van der Waals surface area contributed by atoms with E-state index >= 15 is 0 Å². The van der Waals surface area contributed by atoms with Gasteiger partial charge in [-0.25, -0.2) is 4.68 Å². The van der Waals surface area contributed by atoms with Crippen molar-refractivity contribution in [2.45, 2.75) is 11.8 Å². The van der Waals surface area contributed by atoms with Crippen molar-refractivity contribution in [3.8, 4) is 5.69 Å². The van der Waals surface area contributed by atoms with E-state index in [-0.39, 0.29) is 0 Å². The summed E-state index contributed by atoms with van der Waals surface area (Å²) in [6, 6.07) is 9.27. The molecule has 0 fully saturated rings. The summed E-state index contributed by atoms with van der Waals surface area (Å²) in [7, 11) is 0. The van der Waals surface area contributed by atoms with Crippen LogP contribution in [0.1, 0.15) is 5.69 Å². The van der Waals surface area contributed by atoms with Gasteiger partial charge in [0.05, 0.1) is 11.4 Å². The van der Waals surface area contributed by atoms with Crippen LogP contribution < -0.4 is 5.48 Å². The molecule has 2 rings (SSSR count). The number of thiol groups is 1.